The Morgan fingerprint density at radius 2 is 2.36 bits per heavy atom. The average Bonchev–Trinajstić information content (AvgIpc) is 2.37. The van der Waals surface area contributed by atoms with Crippen LogP contribution in [0.4, 0.5) is 8.78 Å². The van der Waals surface area contributed by atoms with Gasteiger partial charge in [-0.25, -0.2) is 13.8 Å². The van der Waals surface area contributed by atoms with Gasteiger partial charge in [0.15, 0.2) is 0 Å². The summed E-state index contributed by atoms with van der Waals surface area (Å²) in [6.07, 6.45) is 0.0255. The third-order valence-electron chi connectivity index (χ3n) is 1.53. The molecule has 1 unspecified atom stereocenters. The van der Waals surface area contributed by atoms with Gasteiger partial charge in [0, 0.05) is 0 Å². The summed E-state index contributed by atoms with van der Waals surface area (Å²) in [5.41, 5.74) is 3.92. The molecule has 11 heavy (non-hydrogen) atoms. The molecule has 0 saturated heterocycles. The van der Waals surface area contributed by atoms with E-state index in [0.717, 1.165) is 0 Å². The second kappa shape index (κ2) is 2.58. The van der Waals surface area contributed by atoms with Gasteiger partial charge in [-0.2, -0.15) is 0 Å². The lowest BCUT2D eigenvalue weighted by Gasteiger charge is -2.21. The van der Waals surface area contributed by atoms with E-state index >= 15 is 0 Å². The van der Waals surface area contributed by atoms with E-state index < -0.39 is 12.0 Å². The smallest absolute Gasteiger partial charge is 0.261 e. The minimum absolute atomic E-state index is 0.243. The molecule has 0 spiro atoms. The normalized spacial score (nSPS) is 16.8. The summed E-state index contributed by atoms with van der Waals surface area (Å²) < 4.78 is 24.4. The molecule has 1 aromatic heterocycles. The molecule has 3 N–H and O–H groups in total. The molecule has 1 heterocycles. The summed E-state index contributed by atoms with van der Waals surface area (Å²) in [5, 5.41) is 0. The van der Waals surface area contributed by atoms with Gasteiger partial charge in [-0.1, -0.05) is 0 Å². The van der Waals surface area contributed by atoms with Gasteiger partial charge >= 0.3 is 0 Å². The van der Waals surface area contributed by atoms with Crippen molar-refractivity contribution in [3.63, 3.8) is 0 Å². The summed E-state index contributed by atoms with van der Waals surface area (Å²) >= 11 is 0. The van der Waals surface area contributed by atoms with E-state index in [4.69, 9.17) is 5.73 Å². The molecule has 5 heteroatoms. The first-order chi connectivity index (χ1) is 5.05. The van der Waals surface area contributed by atoms with Crippen molar-refractivity contribution >= 4 is 0 Å². The third-order valence-corrected chi connectivity index (χ3v) is 1.53. The Morgan fingerprint density at radius 1 is 1.73 bits per heavy atom. The van der Waals surface area contributed by atoms with Crippen molar-refractivity contribution in [1.82, 2.24) is 9.97 Å². The van der Waals surface area contributed by atoms with Gasteiger partial charge in [0.1, 0.15) is 5.54 Å². The predicted octanol–water partition coefficient (Wildman–Crippen LogP) is 0.849. The van der Waals surface area contributed by atoms with Gasteiger partial charge < -0.3 is 10.7 Å². The number of nitrogens with two attached hydrogens (primary N) is 1. The minimum Gasteiger partial charge on any atom is -0.347 e. The molecule has 0 saturated carbocycles. The number of nitrogens with zero attached hydrogens (tertiary/aromatic N) is 1. The summed E-state index contributed by atoms with van der Waals surface area (Å²) in [6, 6.07) is 0. The summed E-state index contributed by atoms with van der Waals surface area (Å²) in [4.78, 5) is 6.14. The Bertz CT molecular complexity index is 218. The van der Waals surface area contributed by atoms with Gasteiger partial charge in [0.2, 0.25) is 0 Å². The number of rotatable bonds is 2. The maximum atomic E-state index is 12.2. The highest BCUT2D eigenvalue weighted by Gasteiger charge is 2.33. The van der Waals surface area contributed by atoms with E-state index in [1.807, 2.05) is 0 Å². The van der Waals surface area contributed by atoms with Crippen molar-refractivity contribution < 1.29 is 8.78 Å². The van der Waals surface area contributed by atoms with Crippen LogP contribution in [0, 0.1) is 0 Å². The fourth-order valence-electron chi connectivity index (χ4n) is 0.668. The van der Waals surface area contributed by atoms with Crippen molar-refractivity contribution in [3.05, 3.63) is 18.2 Å². The SMILES string of the molecule is CC(N)(c1cnc[nH]1)C(F)F. The van der Waals surface area contributed by atoms with E-state index in [2.05, 4.69) is 9.97 Å². The lowest BCUT2D eigenvalue weighted by Crippen LogP contribution is -2.40. The van der Waals surface area contributed by atoms with Crippen molar-refractivity contribution in [3.8, 4) is 0 Å². The molecule has 0 aromatic carbocycles. The lowest BCUT2D eigenvalue weighted by molar-refractivity contribution is 0.0604. The standard InChI is InChI=1S/C6H9F2N3/c1-6(9,5(7)8)4-2-10-3-11-4/h2-3,5H,9H2,1H3,(H,10,11). The Labute approximate surface area is 62.6 Å². The van der Waals surface area contributed by atoms with Gasteiger partial charge in [-0.15, -0.1) is 0 Å². The average molecular weight is 161 g/mol. The van der Waals surface area contributed by atoms with Crippen LogP contribution in [0.25, 0.3) is 0 Å². The molecule has 62 valence electrons. The van der Waals surface area contributed by atoms with Gasteiger partial charge in [0.25, 0.3) is 6.43 Å². The topological polar surface area (TPSA) is 54.7 Å². The summed E-state index contributed by atoms with van der Waals surface area (Å²) in [5.74, 6) is 0. The third kappa shape index (κ3) is 1.37. The summed E-state index contributed by atoms with van der Waals surface area (Å²) in [6.45, 7) is 1.26. The number of imidazole rings is 1. The maximum Gasteiger partial charge on any atom is 0.261 e. The fourth-order valence-corrected chi connectivity index (χ4v) is 0.668. The number of H-pyrrole nitrogens is 1. The second-order valence-electron chi connectivity index (χ2n) is 2.55. The fraction of sp³-hybridized carbons (Fsp3) is 0.500. The molecule has 0 bridgehead atoms. The van der Waals surface area contributed by atoms with Crippen molar-refractivity contribution in [2.75, 3.05) is 0 Å². The zero-order valence-corrected chi connectivity index (χ0v) is 6.01. The van der Waals surface area contributed by atoms with Gasteiger partial charge in [0.05, 0.1) is 18.2 Å². The lowest BCUT2D eigenvalue weighted by atomic mass is 10.0. The predicted molar refractivity (Wildman–Crippen MR) is 36.1 cm³/mol. The monoisotopic (exact) mass is 161 g/mol. The number of halogens is 2. The van der Waals surface area contributed by atoms with E-state index in [1.165, 1.54) is 19.4 Å². The molecule has 3 nitrogen and oxygen atoms in total. The van der Waals surface area contributed by atoms with Crippen molar-refractivity contribution in [2.24, 2.45) is 5.73 Å². The molecule has 0 aliphatic carbocycles. The second-order valence-corrected chi connectivity index (χ2v) is 2.55. The molecule has 0 aliphatic heterocycles. The largest absolute Gasteiger partial charge is 0.347 e. The zero-order chi connectivity index (χ0) is 8.48. The maximum absolute atomic E-state index is 12.2. The van der Waals surface area contributed by atoms with E-state index in [-0.39, 0.29) is 5.69 Å². The number of aromatic nitrogens is 2. The Hall–Kier alpha value is -0.970. The molecule has 0 radical (unpaired) electrons. The Balaban J connectivity index is 2.90. The zero-order valence-electron chi connectivity index (χ0n) is 6.01. The number of hydrogen-bond donors (Lipinski definition) is 2. The highest BCUT2D eigenvalue weighted by atomic mass is 19.3. The van der Waals surface area contributed by atoms with Crippen LogP contribution in [0.3, 0.4) is 0 Å². The van der Waals surface area contributed by atoms with Gasteiger partial charge in [-0.05, 0) is 6.92 Å². The number of nitrogens with one attached hydrogen (secondary N) is 1. The molecule has 1 aromatic rings. The minimum atomic E-state index is -2.59. The summed E-state index contributed by atoms with van der Waals surface area (Å²) in [7, 11) is 0. The highest BCUT2D eigenvalue weighted by Crippen LogP contribution is 2.22. The number of aromatic amines is 1. The van der Waals surface area contributed by atoms with Crippen LogP contribution in [-0.2, 0) is 5.54 Å². The molecular weight excluding hydrogens is 152 g/mol. The Morgan fingerprint density at radius 3 is 2.73 bits per heavy atom. The van der Waals surface area contributed by atoms with Crippen LogP contribution in [0.5, 0.6) is 0 Å². The van der Waals surface area contributed by atoms with Crippen LogP contribution in [-0.4, -0.2) is 16.4 Å². The van der Waals surface area contributed by atoms with Crippen LogP contribution in [0.15, 0.2) is 12.5 Å². The van der Waals surface area contributed by atoms with Crippen LogP contribution >= 0.6 is 0 Å². The first kappa shape index (κ1) is 8.13. The van der Waals surface area contributed by atoms with E-state index in [0.29, 0.717) is 0 Å². The van der Waals surface area contributed by atoms with Crippen LogP contribution < -0.4 is 5.73 Å². The molecule has 0 aliphatic rings. The van der Waals surface area contributed by atoms with E-state index in [1.54, 1.807) is 0 Å². The highest BCUT2D eigenvalue weighted by molar-refractivity contribution is 5.10. The molecule has 0 amide bonds. The quantitative estimate of drug-likeness (QED) is 0.675. The van der Waals surface area contributed by atoms with Crippen molar-refractivity contribution in [1.29, 1.82) is 0 Å². The van der Waals surface area contributed by atoms with Crippen LogP contribution in [0.2, 0.25) is 0 Å². The molecule has 0 fully saturated rings. The number of hydrogen-bond acceptors (Lipinski definition) is 2. The van der Waals surface area contributed by atoms with Crippen molar-refractivity contribution in [2.45, 2.75) is 18.9 Å². The first-order valence-electron chi connectivity index (χ1n) is 3.11. The van der Waals surface area contributed by atoms with Gasteiger partial charge in [-0.3, -0.25) is 0 Å². The van der Waals surface area contributed by atoms with Crippen LogP contribution in [0.1, 0.15) is 12.6 Å². The molecular formula is C6H9F2N3. The molecule has 1 atom stereocenters. The Kier molecular flexibility index (Phi) is 1.90. The molecule has 1 rings (SSSR count). The number of alkyl halides is 2. The van der Waals surface area contributed by atoms with E-state index in [9.17, 15) is 8.78 Å². The first-order valence-corrected chi connectivity index (χ1v) is 3.11.